The maximum absolute atomic E-state index is 12.4. The Hall–Kier alpha value is -2.03. The van der Waals surface area contributed by atoms with Crippen LogP contribution in [0.4, 0.5) is 0 Å². The van der Waals surface area contributed by atoms with Crippen molar-refractivity contribution in [1.29, 1.82) is 0 Å². The second kappa shape index (κ2) is 6.23. The number of allylic oxidation sites excluding steroid dienone is 2. The average molecular weight is 308 g/mol. The molecule has 2 heterocycles. The molecule has 0 bridgehead atoms. The predicted molar refractivity (Wildman–Crippen MR) is 93.3 cm³/mol. The van der Waals surface area contributed by atoms with Crippen molar-refractivity contribution in [2.24, 2.45) is 5.92 Å². The lowest BCUT2D eigenvalue weighted by molar-refractivity contribution is -0.132. The molecule has 4 rings (SSSR count). The lowest BCUT2D eigenvalue weighted by Gasteiger charge is -2.32. The summed E-state index contributed by atoms with van der Waals surface area (Å²) in [5, 5.41) is 1.29. The van der Waals surface area contributed by atoms with Gasteiger partial charge in [0.05, 0.1) is 0 Å². The molecule has 120 valence electrons. The zero-order valence-electron chi connectivity index (χ0n) is 13.5. The van der Waals surface area contributed by atoms with Crippen molar-refractivity contribution < 1.29 is 4.79 Å². The number of likely N-dealkylation sites (tertiary alicyclic amines) is 1. The molecule has 1 aliphatic carbocycles. The van der Waals surface area contributed by atoms with Crippen LogP contribution in [0.5, 0.6) is 0 Å². The number of aromatic nitrogens is 1. The first-order valence-corrected chi connectivity index (χ1v) is 8.82. The van der Waals surface area contributed by atoms with E-state index < -0.39 is 0 Å². The normalized spacial score (nSPS) is 22.1. The van der Waals surface area contributed by atoms with Crippen molar-refractivity contribution in [2.45, 2.75) is 38.0 Å². The molecule has 1 aromatic carbocycles. The number of aromatic amines is 1. The molecule has 23 heavy (non-hydrogen) atoms. The van der Waals surface area contributed by atoms with E-state index in [2.05, 4.69) is 52.4 Å². The molecule has 3 nitrogen and oxygen atoms in total. The number of rotatable bonds is 3. The number of carbonyl (C=O) groups excluding carboxylic acids is 1. The number of nitrogens with one attached hydrogen (secondary N) is 1. The first-order chi connectivity index (χ1) is 11.3. The third kappa shape index (κ3) is 3.05. The van der Waals surface area contributed by atoms with Gasteiger partial charge in [0.15, 0.2) is 0 Å². The molecular formula is C20H24N2O. The van der Waals surface area contributed by atoms with E-state index in [-0.39, 0.29) is 0 Å². The number of carbonyl (C=O) groups is 1. The Morgan fingerprint density at radius 1 is 1.17 bits per heavy atom. The molecule has 2 aromatic rings. The van der Waals surface area contributed by atoms with Crippen molar-refractivity contribution in [2.75, 3.05) is 13.1 Å². The molecule has 1 N–H and O–H groups in total. The maximum atomic E-state index is 12.4. The van der Waals surface area contributed by atoms with Gasteiger partial charge in [0.2, 0.25) is 5.91 Å². The summed E-state index contributed by atoms with van der Waals surface area (Å²) < 4.78 is 0. The number of hydrogen-bond acceptors (Lipinski definition) is 1. The van der Waals surface area contributed by atoms with Crippen LogP contribution >= 0.6 is 0 Å². The third-order valence-electron chi connectivity index (χ3n) is 5.39. The number of hydrogen-bond donors (Lipinski definition) is 1. The minimum Gasteiger partial charge on any atom is -0.358 e. The van der Waals surface area contributed by atoms with Crippen molar-refractivity contribution >= 4 is 16.8 Å². The summed E-state index contributed by atoms with van der Waals surface area (Å²) in [6.45, 7) is 1.80. The molecule has 2 aliphatic rings. The van der Waals surface area contributed by atoms with E-state index >= 15 is 0 Å². The number of nitrogens with zero attached hydrogens (tertiary/aromatic N) is 1. The molecule has 1 fully saturated rings. The molecule has 1 amide bonds. The van der Waals surface area contributed by atoms with E-state index in [9.17, 15) is 4.79 Å². The van der Waals surface area contributed by atoms with Crippen molar-refractivity contribution in [3.8, 4) is 0 Å². The lowest BCUT2D eigenvalue weighted by Crippen LogP contribution is -2.38. The Morgan fingerprint density at radius 2 is 2.00 bits per heavy atom. The van der Waals surface area contributed by atoms with Gasteiger partial charge in [-0.2, -0.15) is 0 Å². The van der Waals surface area contributed by atoms with Gasteiger partial charge in [0.25, 0.3) is 0 Å². The van der Waals surface area contributed by atoms with Crippen LogP contribution in [0.1, 0.15) is 43.7 Å². The molecule has 0 spiro atoms. The quantitative estimate of drug-likeness (QED) is 0.846. The molecule has 1 atom stereocenters. The Morgan fingerprint density at radius 3 is 2.74 bits per heavy atom. The molecule has 0 radical (unpaired) electrons. The zero-order chi connectivity index (χ0) is 15.6. The van der Waals surface area contributed by atoms with Gasteiger partial charge < -0.3 is 9.88 Å². The fourth-order valence-electron chi connectivity index (χ4n) is 3.97. The van der Waals surface area contributed by atoms with Gasteiger partial charge in [-0.1, -0.05) is 30.4 Å². The largest absolute Gasteiger partial charge is 0.358 e. The van der Waals surface area contributed by atoms with Gasteiger partial charge in [-0.05, 0) is 49.1 Å². The lowest BCUT2D eigenvalue weighted by atomic mass is 9.93. The van der Waals surface area contributed by atoms with Crippen LogP contribution < -0.4 is 0 Å². The number of amides is 1. The Kier molecular flexibility index (Phi) is 3.94. The van der Waals surface area contributed by atoms with Crippen LogP contribution in [-0.4, -0.2) is 28.9 Å². The van der Waals surface area contributed by atoms with E-state index in [4.69, 9.17) is 0 Å². The molecule has 1 aliphatic heterocycles. The Labute approximate surface area is 137 Å². The number of H-pyrrole nitrogens is 1. The summed E-state index contributed by atoms with van der Waals surface area (Å²) in [5.74, 6) is 1.38. The fourth-order valence-corrected chi connectivity index (χ4v) is 3.97. The number of para-hydroxylation sites is 1. The highest BCUT2D eigenvalue weighted by Gasteiger charge is 2.26. The average Bonchev–Trinajstić information content (AvgIpc) is 3.24. The number of fused-ring (bicyclic) bond motifs is 1. The molecular weight excluding hydrogens is 284 g/mol. The van der Waals surface area contributed by atoms with Gasteiger partial charge in [-0.15, -0.1) is 0 Å². The van der Waals surface area contributed by atoms with Crippen LogP contribution in [0.2, 0.25) is 0 Å². The summed E-state index contributed by atoms with van der Waals surface area (Å²) in [7, 11) is 0. The summed E-state index contributed by atoms with van der Waals surface area (Å²) in [4.78, 5) is 18.1. The summed E-state index contributed by atoms with van der Waals surface area (Å²) in [6, 6.07) is 10.7. The van der Waals surface area contributed by atoms with E-state index in [1.165, 1.54) is 16.6 Å². The first kappa shape index (κ1) is 14.6. The van der Waals surface area contributed by atoms with Crippen LogP contribution in [-0.2, 0) is 4.79 Å². The van der Waals surface area contributed by atoms with Crippen molar-refractivity contribution in [1.82, 2.24) is 9.88 Å². The van der Waals surface area contributed by atoms with Gasteiger partial charge in [0, 0.05) is 36.6 Å². The number of benzene rings is 1. The highest BCUT2D eigenvalue weighted by Crippen LogP contribution is 2.30. The molecule has 1 saturated heterocycles. The summed E-state index contributed by atoms with van der Waals surface area (Å²) in [6.07, 6.45) is 9.55. The van der Waals surface area contributed by atoms with Crippen molar-refractivity contribution in [3.05, 3.63) is 48.2 Å². The van der Waals surface area contributed by atoms with Gasteiger partial charge >= 0.3 is 0 Å². The van der Waals surface area contributed by atoms with Crippen molar-refractivity contribution in [3.63, 3.8) is 0 Å². The monoisotopic (exact) mass is 308 g/mol. The third-order valence-corrected chi connectivity index (χ3v) is 5.39. The SMILES string of the molecule is O=C(CC1C=CCC1)N1CCC(c2cc3ccccc3[nH]2)CC1. The van der Waals surface area contributed by atoms with E-state index in [0.29, 0.717) is 24.2 Å². The second-order valence-corrected chi connectivity index (χ2v) is 6.94. The molecule has 0 saturated carbocycles. The highest BCUT2D eigenvalue weighted by molar-refractivity contribution is 5.80. The van der Waals surface area contributed by atoms with Gasteiger partial charge in [-0.25, -0.2) is 0 Å². The van der Waals surface area contributed by atoms with Gasteiger partial charge in [-0.3, -0.25) is 4.79 Å². The highest BCUT2D eigenvalue weighted by atomic mass is 16.2. The zero-order valence-corrected chi connectivity index (χ0v) is 13.5. The first-order valence-electron chi connectivity index (χ1n) is 8.82. The molecule has 3 heteroatoms. The maximum Gasteiger partial charge on any atom is 0.223 e. The topological polar surface area (TPSA) is 36.1 Å². The smallest absolute Gasteiger partial charge is 0.223 e. The minimum atomic E-state index is 0.344. The fraction of sp³-hybridized carbons (Fsp3) is 0.450. The number of piperidine rings is 1. The van der Waals surface area contributed by atoms with Crippen LogP contribution in [0.15, 0.2) is 42.5 Å². The summed E-state index contributed by atoms with van der Waals surface area (Å²) in [5.41, 5.74) is 2.55. The Bertz CT molecular complexity index is 689. The Balaban J connectivity index is 1.36. The van der Waals surface area contributed by atoms with E-state index in [1.807, 2.05) is 0 Å². The van der Waals surface area contributed by atoms with E-state index in [0.717, 1.165) is 38.8 Å². The van der Waals surface area contributed by atoms with Crippen LogP contribution in [0, 0.1) is 5.92 Å². The predicted octanol–water partition coefficient (Wildman–Crippen LogP) is 4.23. The second-order valence-electron chi connectivity index (χ2n) is 6.94. The van der Waals surface area contributed by atoms with Crippen LogP contribution in [0.3, 0.4) is 0 Å². The molecule has 1 unspecified atom stereocenters. The molecule has 1 aromatic heterocycles. The van der Waals surface area contributed by atoms with E-state index in [1.54, 1.807) is 0 Å². The minimum absolute atomic E-state index is 0.344. The van der Waals surface area contributed by atoms with Gasteiger partial charge in [0.1, 0.15) is 0 Å². The van der Waals surface area contributed by atoms with Crippen LogP contribution in [0.25, 0.3) is 10.9 Å². The summed E-state index contributed by atoms with van der Waals surface area (Å²) >= 11 is 0. The standard InChI is InChI=1S/C20H24N2O/c23-20(13-15-5-1-2-6-15)22-11-9-16(10-12-22)19-14-17-7-3-4-8-18(17)21-19/h1,3-5,7-8,14-16,21H,2,6,9-13H2.